The molecule has 0 saturated heterocycles. The van der Waals surface area contributed by atoms with Gasteiger partial charge in [-0.05, 0) is 5.56 Å². The van der Waals surface area contributed by atoms with Crippen molar-refractivity contribution in [3.8, 4) is 0 Å². The lowest BCUT2D eigenvalue weighted by molar-refractivity contribution is -0.154. The molecular formula is C13H13NO5. The van der Waals surface area contributed by atoms with E-state index in [4.69, 9.17) is 0 Å². The first-order valence-electron chi connectivity index (χ1n) is 5.65. The van der Waals surface area contributed by atoms with Gasteiger partial charge in [-0.3, -0.25) is 14.4 Å². The number of rotatable bonds is 3. The molecule has 0 saturated carbocycles. The molecule has 0 radical (unpaired) electrons. The Balaban J connectivity index is 2.49. The second-order valence-electron chi connectivity index (χ2n) is 4.09. The fourth-order valence-electron chi connectivity index (χ4n) is 2.10. The summed E-state index contributed by atoms with van der Waals surface area (Å²) in [7, 11) is 2.39. The number of carbonyl (C=O) groups is 3. The monoisotopic (exact) mass is 263 g/mol. The molecule has 0 aromatic heterocycles. The average molecular weight is 263 g/mol. The molecular weight excluding hydrogens is 250 g/mol. The highest BCUT2D eigenvalue weighted by Gasteiger charge is 2.35. The highest BCUT2D eigenvalue weighted by atomic mass is 16.5. The van der Waals surface area contributed by atoms with Crippen LogP contribution in [0.3, 0.4) is 0 Å². The number of anilines is 1. The molecule has 0 atom stereocenters. The predicted octanol–water partition coefficient (Wildman–Crippen LogP) is 0.611. The molecule has 1 heterocycles. The number of hydrogen-bond acceptors (Lipinski definition) is 5. The molecule has 1 aliphatic rings. The molecule has 0 bridgehead atoms. The van der Waals surface area contributed by atoms with Crippen LogP contribution in [0, 0.1) is 0 Å². The van der Waals surface area contributed by atoms with Crippen molar-refractivity contribution >= 4 is 23.5 Å². The van der Waals surface area contributed by atoms with Crippen molar-refractivity contribution in [2.45, 2.75) is 12.3 Å². The molecule has 1 N–H and O–H groups in total. The van der Waals surface area contributed by atoms with Gasteiger partial charge in [0.2, 0.25) is 5.91 Å². The second-order valence-corrected chi connectivity index (χ2v) is 4.09. The summed E-state index contributed by atoms with van der Waals surface area (Å²) in [6.45, 7) is 0. The van der Waals surface area contributed by atoms with E-state index in [1.807, 2.05) is 0 Å². The second kappa shape index (κ2) is 5.09. The Morgan fingerprint density at radius 1 is 1.21 bits per heavy atom. The van der Waals surface area contributed by atoms with E-state index in [0.717, 1.165) is 5.56 Å². The quantitative estimate of drug-likeness (QED) is 0.638. The molecule has 1 aromatic carbocycles. The topological polar surface area (TPSA) is 81.7 Å². The smallest absolute Gasteiger partial charge is 0.324 e. The van der Waals surface area contributed by atoms with E-state index in [2.05, 4.69) is 14.8 Å². The number of ether oxygens (including phenoxy) is 2. The first-order valence-corrected chi connectivity index (χ1v) is 5.65. The zero-order valence-electron chi connectivity index (χ0n) is 10.6. The third-order valence-corrected chi connectivity index (χ3v) is 2.98. The molecule has 2 rings (SSSR count). The van der Waals surface area contributed by atoms with E-state index in [1.165, 1.54) is 14.2 Å². The molecule has 6 heteroatoms. The fourth-order valence-corrected chi connectivity index (χ4v) is 2.10. The van der Waals surface area contributed by atoms with Crippen LogP contribution in [0.15, 0.2) is 18.2 Å². The van der Waals surface area contributed by atoms with Crippen molar-refractivity contribution in [1.29, 1.82) is 0 Å². The normalized spacial score (nSPS) is 12.9. The van der Waals surface area contributed by atoms with Gasteiger partial charge in [-0.1, -0.05) is 18.2 Å². The van der Waals surface area contributed by atoms with Gasteiger partial charge in [-0.2, -0.15) is 0 Å². The summed E-state index contributed by atoms with van der Waals surface area (Å²) in [6.07, 6.45) is 0.234. The van der Waals surface area contributed by atoms with Gasteiger partial charge < -0.3 is 14.8 Å². The van der Waals surface area contributed by atoms with Gasteiger partial charge >= 0.3 is 11.9 Å². The van der Waals surface area contributed by atoms with E-state index in [9.17, 15) is 14.4 Å². The van der Waals surface area contributed by atoms with Crippen molar-refractivity contribution in [3.05, 3.63) is 29.3 Å². The van der Waals surface area contributed by atoms with Gasteiger partial charge in [-0.15, -0.1) is 0 Å². The summed E-state index contributed by atoms with van der Waals surface area (Å²) in [5, 5.41) is 2.65. The minimum absolute atomic E-state index is 0.170. The summed E-state index contributed by atoms with van der Waals surface area (Å²) in [5.74, 6) is -2.80. The van der Waals surface area contributed by atoms with Crippen LogP contribution in [0.2, 0.25) is 0 Å². The number of amides is 1. The van der Waals surface area contributed by atoms with Gasteiger partial charge in [0.15, 0.2) is 5.92 Å². The highest BCUT2D eigenvalue weighted by Crippen LogP contribution is 2.33. The van der Waals surface area contributed by atoms with Crippen LogP contribution in [0.5, 0.6) is 0 Å². The van der Waals surface area contributed by atoms with Crippen molar-refractivity contribution in [2.24, 2.45) is 0 Å². The number of benzene rings is 1. The molecule has 1 amide bonds. The average Bonchev–Trinajstić information content (AvgIpc) is 2.79. The van der Waals surface area contributed by atoms with Gasteiger partial charge in [0.25, 0.3) is 0 Å². The molecule has 0 aliphatic carbocycles. The van der Waals surface area contributed by atoms with Crippen molar-refractivity contribution in [3.63, 3.8) is 0 Å². The first-order chi connectivity index (χ1) is 9.08. The SMILES string of the molecule is COC(=O)C(C(=O)OC)c1cccc2c1NC(=O)C2. The number of methoxy groups -OCH3 is 2. The number of fused-ring (bicyclic) bond motifs is 1. The number of hydrogen-bond donors (Lipinski definition) is 1. The van der Waals surface area contributed by atoms with Crippen molar-refractivity contribution in [1.82, 2.24) is 0 Å². The van der Waals surface area contributed by atoms with Gasteiger partial charge in [-0.25, -0.2) is 0 Å². The highest BCUT2D eigenvalue weighted by molar-refractivity contribution is 6.06. The van der Waals surface area contributed by atoms with Crippen LogP contribution < -0.4 is 5.32 Å². The molecule has 0 unspecified atom stereocenters. The zero-order valence-corrected chi connectivity index (χ0v) is 10.6. The zero-order chi connectivity index (χ0) is 14.0. The van der Waals surface area contributed by atoms with E-state index < -0.39 is 17.9 Å². The maximum atomic E-state index is 11.8. The molecule has 6 nitrogen and oxygen atoms in total. The van der Waals surface area contributed by atoms with E-state index in [1.54, 1.807) is 18.2 Å². The molecule has 1 aromatic rings. The van der Waals surface area contributed by atoms with Crippen LogP contribution >= 0.6 is 0 Å². The molecule has 0 spiro atoms. The van der Waals surface area contributed by atoms with Crippen LogP contribution in [-0.4, -0.2) is 32.1 Å². The lowest BCUT2D eigenvalue weighted by Crippen LogP contribution is -2.25. The maximum Gasteiger partial charge on any atom is 0.324 e. The lowest BCUT2D eigenvalue weighted by Gasteiger charge is -2.15. The first kappa shape index (κ1) is 13.1. The Morgan fingerprint density at radius 2 is 1.84 bits per heavy atom. The summed E-state index contributed by atoms with van der Waals surface area (Å²) < 4.78 is 9.25. The molecule has 100 valence electrons. The van der Waals surface area contributed by atoms with Crippen molar-refractivity contribution in [2.75, 3.05) is 19.5 Å². The Morgan fingerprint density at radius 3 is 2.42 bits per heavy atom. The van der Waals surface area contributed by atoms with Gasteiger partial charge in [0.05, 0.1) is 20.6 Å². The Kier molecular flexibility index (Phi) is 3.50. The number of carbonyl (C=O) groups excluding carboxylic acids is 3. The van der Waals surface area contributed by atoms with E-state index >= 15 is 0 Å². The van der Waals surface area contributed by atoms with Crippen LogP contribution in [0.4, 0.5) is 5.69 Å². The van der Waals surface area contributed by atoms with Crippen LogP contribution in [0.25, 0.3) is 0 Å². The summed E-state index contributed by atoms with van der Waals surface area (Å²) in [4.78, 5) is 34.9. The number of esters is 2. The summed E-state index contributed by atoms with van der Waals surface area (Å²) in [5.41, 5.74) is 1.63. The van der Waals surface area contributed by atoms with E-state index in [-0.39, 0.29) is 12.3 Å². The third kappa shape index (κ3) is 2.29. The summed E-state index contributed by atoms with van der Waals surface area (Å²) in [6, 6.07) is 5.05. The minimum Gasteiger partial charge on any atom is -0.468 e. The van der Waals surface area contributed by atoms with Crippen molar-refractivity contribution < 1.29 is 23.9 Å². The minimum atomic E-state index is -1.19. The van der Waals surface area contributed by atoms with Gasteiger partial charge in [0.1, 0.15) is 0 Å². The largest absolute Gasteiger partial charge is 0.468 e. The Bertz CT molecular complexity index is 536. The summed E-state index contributed by atoms with van der Waals surface area (Å²) >= 11 is 0. The molecule has 0 fully saturated rings. The lowest BCUT2D eigenvalue weighted by atomic mass is 9.95. The van der Waals surface area contributed by atoms with Crippen LogP contribution in [0.1, 0.15) is 17.0 Å². The van der Waals surface area contributed by atoms with Crippen LogP contribution in [-0.2, 0) is 30.3 Å². The van der Waals surface area contributed by atoms with Gasteiger partial charge in [0, 0.05) is 11.3 Å². The molecule has 1 aliphatic heterocycles. The Labute approximate surface area is 109 Å². The Hall–Kier alpha value is -2.37. The fraction of sp³-hybridized carbons (Fsp3) is 0.308. The number of nitrogens with one attached hydrogen (secondary N) is 1. The predicted molar refractivity (Wildman–Crippen MR) is 65.5 cm³/mol. The maximum absolute atomic E-state index is 11.8. The standard InChI is InChI=1S/C13H13NO5/c1-18-12(16)10(13(17)19-2)8-5-3-4-7-6-9(15)14-11(7)8/h3-5,10H,6H2,1-2H3,(H,14,15). The van der Waals surface area contributed by atoms with E-state index in [0.29, 0.717) is 11.3 Å². The third-order valence-electron chi connectivity index (χ3n) is 2.98. The number of para-hydroxylation sites is 1. The molecule has 19 heavy (non-hydrogen) atoms.